The summed E-state index contributed by atoms with van der Waals surface area (Å²) in [5.74, 6) is 1.10. The predicted molar refractivity (Wildman–Crippen MR) is 257 cm³/mol. The Bertz CT molecular complexity index is 3070. The fraction of sp³-hybridized carbons (Fsp3) is 0.172. The van der Waals surface area contributed by atoms with E-state index in [1.807, 2.05) is 60.7 Å². The van der Waals surface area contributed by atoms with Gasteiger partial charge in [0.25, 0.3) is 0 Å². The van der Waals surface area contributed by atoms with E-state index in [1.54, 1.807) is 6.20 Å². The molecule has 0 atom stereocenters. The number of benzene rings is 7. The SMILES string of the molecule is CC(C)c1cc(-c2ccc(C(C)(C)C)cc2)cc(C(C)C)c1-c1cccc2nc(-c3[c-]ccc4c3oc3cc(-c5ccccc5)ccc34)oc12.[Ir].[c-]1ccccc1-c1ccccn1. The zero-order valence-corrected chi connectivity index (χ0v) is 39.2. The predicted octanol–water partition coefficient (Wildman–Crippen LogP) is 16.3. The summed E-state index contributed by atoms with van der Waals surface area (Å²) < 4.78 is 13.3. The van der Waals surface area contributed by atoms with Gasteiger partial charge < -0.3 is 13.8 Å². The molecule has 3 heterocycles. The molecular weight excluding hydrogens is 949 g/mol. The molecule has 0 fully saturated rings. The number of hydrogen-bond donors (Lipinski definition) is 0. The third-order valence-corrected chi connectivity index (χ3v) is 11.6. The van der Waals surface area contributed by atoms with Crippen molar-refractivity contribution in [1.29, 1.82) is 0 Å². The average molecular weight is 999 g/mol. The van der Waals surface area contributed by atoms with Crippen LogP contribution in [-0.4, -0.2) is 9.97 Å². The van der Waals surface area contributed by atoms with Gasteiger partial charge in [0.1, 0.15) is 17.1 Å². The Morgan fingerprint density at radius 3 is 1.92 bits per heavy atom. The van der Waals surface area contributed by atoms with E-state index in [-0.39, 0.29) is 25.5 Å². The Labute approximate surface area is 384 Å². The van der Waals surface area contributed by atoms with E-state index in [2.05, 4.69) is 163 Å². The van der Waals surface area contributed by atoms with E-state index >= 15 is 0 Å². The molecule has 10 aromatic rings. The number of hydrogen-bond acceptors (Lipinski definition) is 4. The van der Waals surface area contributed by atoms with Crippen LogP contribution < -0.4 is 0 Å². The van der Waals surface area contributed by atoms with Gasteiger partial charge in [-0.2, -0.15) is 0 Å². The summed E-state index contributed by atoms with van der Waals surface area (Å²) in [4.78, 5) is 9.26. The Morgan fingerprint density at radius 1 is 0.556 bits per heavy atom. The molecule has 5 heteroatoms. The number of oxazole rings is 1. The molecule has 0 bridgehead atoms. The van der Waals surface area contributed by atoms with Crippen molar-refractivity contribution in [2.24, 2.45) is 0 Å². The molecule has 10 rings (SSSR count). The Balaban J connectivity index is 0.000000361. The second-order valence-electron chi connectivity index (χ2n) is 17.6. The normalized spacial score (nSPS) is 11.6. The van der Waals surface area contributed by atoms with Gasteiger partial charge >= 0.3 is 0 Å². The maximum absolute atomic E-state index is 6.76. The summed E-state index contributed by atoms with van der Waals surface area (Å²) in [6.45, 7) is 15.9. The van der Waals surface area contributed by atoms with E-state index in [4.69, 9.17) is 13.8 Å². The minimum atomic E-state index is 0. The molecule has 0 saturated heterocycles. The van der Waals surface area contributed by atoms with Gasteiger partial charge in [-0.1, -0.05) is 157 Å². The van der Waals surface area contributed by atoms with Crippen molar-refractivity contribution in [1.82, 2.24) is 9.97 Å². The van der Waals surface area contributed by atoms with E-state index in [0.29, 0.717) is 17.7 Å². The molecule has 7 aromatic carbocycles. The number of aromatic nitrogens is 2. The standard InChI is InChI=1S/C47H42NO2.C11H8N.Ir/c1-28(2)39-25-33(31-19-22-34(23-20-31)47(5,6)7)26-40(29(3)4)43(39)37-16-12-18-41-45(37)50-46(48-41)38-17-11-15-36-35-24-21-32(27-42(35)49-44(36)38)30-13-9-8-10-14-30;1-2-6-10(7-3-1)11-8-4-5-9-12-11;/h8-16,18-29H,1-7H3;1-6,8-9H;/q2*-1;. The smallest absolute Gasteiger partial charge is 0.149 e. The minimum absolute atomic E-state index is 0. The first-order chi connectivity index (χ1) is 30.0. The molecule has 0 aliphatic heterocycles. The van der Waals surface area contributed by atoms with E-state index in [1.165, 1.54) is 33.4 Å². The third kappa shape index (κ3) is 8.82. The van der Waals surface area contributed by atoms with Crippen LogP contribution in [-0.2, 0) is 25.5 Å². The maximum Gasteiger partial charge on any atom is 0.149 e. The van der Waals surface area contributed by atoms with Gasteiger partial charge in [-0.25, -0.2) is 0 Å². The minimum Gasteiger partial charge on any atom is -0.500 e. The summed E-state index contributed by atoms with van der Waals surface area (Å²) in [5, 5.41) is 2.08. The molecule has 0 spiro atoms. The number of rotatable bonds is 7. The Morgan fingerprint density at radius 2 is 1.25 bits per heavy atom. The number of nitrogens with zero attached hydrogens (tertiary/aromatic N) is 2. The van der Waals surface area contributed by atoms with Crippen LogP contribution in [0, 0.1) is 12.1 Å². The molecule has 0 saturated carbocycles. The van der Waals surface area contributed by atoms with Crippen molar-refractivity contribution < 1.29 is 28.9 Å². The first-order valence-corrected chi connectivity index (χ1v) is 21.5. The fourth-order valence-corrected chi connectivity index (χ4v) is 8.28. The number of fused-ring (bicyclic) bond motifs is 4. The van der Waals surface area contributed by atoms with Crippen LogP contribution in [0.5, 0.6) is 0 Å². The van der Waals surface area contributed by atoms with Gasteiger partial charge in [-0.3, -0.25) is 4.98 Å². The van der Waals surface area contributed by atoms with Crippen LogP contribution >= 0.6 is 0 Å². The van der Waals surface area contributed by atoms with Crippen molar-refractivity contribution in [3.05, 3.63) is 193 Å². The zero-order chi connectivity index (χ0) is 43.0. The van der Waals surface area contributed by atoms with Crippen LogP contribution in [0.25, 0.3) is 89.1 Å². The molecule has 0 aliphatic carbocycles. The second-order valence-corrected chi connectivity index (χ2v) is 17.6. The van der Waals surface area contributed by atoms with E-state index in [0.717, 1.165) is 66.5 Å². The molecule has 0 unspecified atom stereocenters. The Hall–Kier alpha value is -6.39. The zero-order valence-electron chi connectivity index (χ0n) is 36.8. The summed E-state index contributed by atoms with van der Waals surface area (Å²) >= 11 is 0. The van der Waals surface area contributed by atoms with E-state index < -0.39 is 0 Å². The number of para-hydroxylation sites is 1. The third-order valence-electron chi connectivity index (χ3n) is 11.6. The summed E-state index contributed by atoms with van der Waals surface area (Å²) in [6, 6.07) is 61.1. The summed E-state index contributed by atoms with van der Waals surface area (Å²) in [5.41, 5.74) is 17.0. The monoisotopic (exact) mass is 999 g/mol. The quantitative estimate of drug-likeness (QED) is 0.149. The number of furan rings is 1. The van der Waals surface area contributed by atoms with Crippen molar-refractivity contribution in [3.8, 4) is 56.1 Å². The fourth-order valence-electron chi connectivity index (χ4n) is 8.28. The molecule has 1 radical (unpaired) electrons. The van der Waals surface area contributed by atoms with Crippen molar-refractivity contribution in [2.45, 2.75) is 65.7 Å². The van der Waals surface area contributed by atoms with Gasteiger partial charge in [0.15, 0.2) is 0 Å². The van der Waals surface area contributed by atoms with Crippen LogP contribution in [0.4, 0.5) is 0 Å². The maximum atomic E-state index is 6.76. The topological polar surface area (TPSA) is 52.1 Å². The van der Waals surface area contributed by atoms with Gasteiger partial charge in [0.05, 0.1) is 11.1 Å². The van der Waals surface area contributed by atoms with Gasteiger partial charge in [-0.05, 0) is 91.2 Å². The first kappa shape index (κ1) is 43.3. The van der Waals surface area contributed by atoms with Crippen LogP contribution in [0.2, 0.25) is 0 Å². The Kier molecular flexibility index (Phi) is 12.5. The van der Waals surface area contributed by atoms with E-state index in [9.17, 15) is 0 Å². The number of pyridine rings is 1. The first-order valence-electron chi connectivity index (χ1n) is 21.5. The van der Waals surface area contributed by atoms with Gasteiger partial charge in [0.2, 0.25) is 0 Å². The summed E-state index contributed by atoms with van der Waals surface area (Å²) in [7, 11) is 0. The van der Waals surface area contributed by atoms with Gasteiger partial charge in [-0.15, -0.1) is 54.1 Å². The molecular formula is C58H50IrN2O2-2. The van der Waals surface area contributed by atoms with Gasteiger partial charge in [0, 0.05) is 37.3 Å². The van der Waals surface area contributed by atoms with Crippen molar-refractivity contribution in [2.75, 3.05) is 0 Å². The van der Waals surface area contributed by atoms with Crippen molar-refractivity contribution in [3.63, 3.8) is 0 Å². The van der Waals surface area contributed by atoms with Crippen LogP contribution in [0.15, 0.2) is 173 Å². The molecule has 4 nitrogen and oxygen atoms in total. The largest absolute Gasteiger partial charge is 0.500 e. The van der Waals surface area contributed by atoms with Crippen LogP contribution in [0.3, 0.4) is 0 Å². The molecule has 0 amide bonds. The molecule has 315 valence electrons. The second kappa shape index (κ2) is 18.1. The molecule has 63 heavy (non-hydrogen) atoms. The molecule has 3 aromatic heterocycles. The van der Waals surface area contributed by atoms with Crippen LogP contribution in [0.1, 0.15) is 77.0 Å². The molecule has 0 aliphatic rings. The van der Waals surface area contributed by atoms with Crippen molar-refractivity contribution >= 4 is 33.0 Å². The molecule has 0 N–H and O–H groups in total. The summed E-state index contributed by atoms with van der Waals surface area (Å²) in [6.07, 6.45) is 1.79. The average Bonchev–Trinajstić information content (AvgIpc) is 3.91.